The molecular weight excluding hydrogens is 402 g/mol. The van der Waals surface area contributed by atoms with Crippen molar-refractivity contribution in [1.82, 2.24) is 5.32 Å². The molecule has 2 aromatic rings. The van der Waals surface area contributed by atoms with Crippen LogP contribution in [0.15, 0.2) is 40.9 Å². The second-order valence-electron chi connectivity index (χ2n) is 6.15. The molecule has 0 atom stereocenters. The van der Waals surface area contributed by atoms with Gasteiger partial charge in [0.25, 0.3) is 0 Å². The van der Waals surface area contributed by atoms with Crippen LogP contribution < -0.4 is 14.8 Å². The highest BCUT2D eigenvalue weighted by Crippen LogP contribution is 2.37. The minimum atomic E-state index is 0. The molecule has 25 heavy (non-hydrogen) atoms. The van der Waals surface area contributed by atoms with Crippen LogP contribution in [0.5, 0.6) is 11.5 Å². The van der Waals surface area contributed by atoms with E-state index in [-0.39, 0.29) is 12.4 Å². The molecule has 0 aliphatic carbocycles. The summed E-state index contributed by atoms with van der Waals surface area (Å²) >= 11 is 3.63. The summed E-state index contributed by atoms with van der Waals surface area (Å²) in [5.41, 5.74) is 3.55. The van der Waals surface area contributed by atoms with Crippen LogP contribution in [0.2, 0.25) is 0 Å². The van der Waals surface area contributed by atoms with Crippen LogP contribution >= 0.6 is 28.3 Å². The van der Waals surface area contributed by atoms with E-state index in [4.69, 9.17) is 9.47 Å². The Hall–Kier alpha value is -1.23. The minimum Gasteiger partial charge on any atom is -0.490 e. The van der Waals surface area contributed by atoms with Gasteiger partial charge in [0, 0.05) is 12.6 Å². The first kappa shape index (κ1) is 21.8. The average Bonchev–Trinajstić information content (AvgIpc) is 2.54. The van der Waals surface area contributed by atoms with Gasteiger partial charge >= 0.3 is 0 Å². The predicted molar refractivity (Wildman–Crippen MR) is 110 cm³/mol. The standard InChI is InChI=1S/C20H26BrNO2.ClH/c1-5-23-19-11-17(12-22-14(2)3)10-18(21)20(19)24-13-16-8-6-15(4)7-9-16;/h6-11,14,22H,5,12-13H2,1-4H3;1H. The molecule has 0 aliphatic heterocycles. The summed E-state index contributed by atoms with van der Waals surface area (Å²) in [6.07, 6.45) is 0. The van der Waals surface area contributed by atoms with Crippen LogP contribution in [-0.4, -0.2) is 12.6 Å². The molecular formula is C20H27BrClNO2. The van der Waals surface area contributed by atoms with E-state index in [1.165, 1.54) is 11.1 Å². The summed E-state index contributed by atoms with van der Waals surface area (Å²) in [5.74, 6) is 1.53. The molecule has 0 aliphatic rings. The van der Waals surface area contributed by atoms with Gasteiger partial charge in [0.1, 0.15) is 6.61 Å². The van der Waals surface area contributed by atoms with Crippen molar-refractivity contribution in [2.24, 2.45) is 0 Å². The maximum absolute atomic E-state index is 6.03. The fraction of sp³-hybridized carbons (Fsp3) is 0.400. The fourth-order valence-electron chi connectivity index (χ4n) is 2.29. The lowest BCUT2D eigenvalue weighted by atomic mass is 10.1. The number of benzene rings is 2. The molecule has 0 amide bonds. The highest BCUT2D eigenvalue weighted by Gasteiger charge is 2.13. The van der Waals surface area contributed by atoms with Crippen LogP contribution in [0.25, 0.3) is 0 Å². The summed E-state index contributed by atoms with van der Waals surface area (Å²) < 4.78 is 12.7. The molecule has 0 fully saturated rings. The van der Waals surface area contributed by atoms with Gasteiger partial charge in [0.2, 0.25) is 0 Å². The predicted octanol–water partition coefficient (Wildman–Crippen LogP) is 5.66. The largest absolute Gasteiger partial charge is 0.490 e. The molecule has 0 heterocycles. The van der Waals surface area contributed by atoms with Crippen molar-refractivity contribution >= 4 is 28.3 Å². The third-order valence-corrected chi connectivity index (χ3v) is 4.18. The molecule has 1 N–H and O–H groups in total. The summed E-state index contributed by atoms with van der Waals surface area (Å²) in [4.78, 5) is 0. The SMILES string of the molecule is CCOc1cc(CNC(C)C)cc(Br)c1OCc1ccc(C)cc1.Cl. The van der Waals surface area contributed by atoms with E-state index in [0.29, 0.717) is 19.3 Å². The van der Waals surface area contributed by atoms with Crippen molar-refractivity contribution < 1.29 is 9.47 Å². The van der Waals surface area contributed by atoms with Crippen molar-refractivity contribution in [1.29, 1.82) is 0 Å². The van der Waals surface area contributed by atoms with Crippen molar-refractivity contribution in [2.45, 2.75) is 46.9 Å². The zero-order valence-electron chi connectivity index (χ0n) is 15.3. The van der Waals surface area contributed by atoms with Gasteiger partial charge in [-0.1, -0.05) is 43.7 Å². The van der Waals surface area contributed by atoms with Gasteiger partial charge in [0.05, 0.1) is 11.1 Å². The molecule has 0 bridgehead atoms. The lowest BCUT2D eigenvalue weighted by Crippen LogP contribution is -2.21. The normalized spacial score (nSPS) is 10.5. The molecule has 0 unspecified atom stereocenters. The third-order valence-electron chi connectivity index (χ3n) is 3.59. The summed E-state index contributed by atoms with van der Waals surface area (Å²) in [6, 6.07) is 12.9. The first-order chi connectivity index (χ1) is 11.5. The smallest absolute Gasteiger partial charge is 0.175 e. The maximum Gasteiger partial charge on any atom is 0.175 e. The van der Waals surface area contributed by atoms with Crippen LogP contribution in [0.4, 0.5) is 0 Å². The highest BCUT2D eigenvalue weighted by molar-refractivity contribution is 9.10. The molecule has 138 valence electrons. The van der Waals surface area contributed by atoms with Gasteiger partial charge in [-0.3, -0.25) is 0 Å². The number of hydrogen-bond acceptors (Lipinski definition) is 3. The zero-order chi connectivity index (χ0) is 17.5. The second kappa shape index (κ2) is 10.7. The fourth-order valence-corrected chi connectivity index (χ4v) is 2.89. The lowest BCUT2D eigenvalue weighted by molar-refractivity contribution is 0.267. The quantitative estimate of drug-likeness (QED) is 0.589. The molecule has 0 spiro atoms. The minimum absolute atomic E-state index is 0. The Morgan fingerprint density at radius 3 is 2.32 bits per heavy atom. The summed E-state index contributed by atoms with van der Waals surface area (Å²) in [7, 11) is 0. The first-order valence-electron chi connectivity index (χ1n) is 8.36. The molecule has 2 aromatic carbocycles. The Labute approximate surface area is 165 Å². The lowest BCUT2D eigenvalue weighted by Gasteiger charge is -2.16. The Bertz CT molecular complexity index is 659. The molecule has 0 saturated carbocycles. The second-order valence-corrected chi connectivity index (χ2v) is 7.00. The van der Waals surface area contributed by atoms with Crippen molar-refractivity contribution in [3.05, 3.63) is 57.6 Å². The number of rotatable bonds is 8. The van der Waals surface area contributed by atoms with Gasteiger partial charge in [-0.2, -0.15) is 0 Å². The number of nitrogens with one attached hydrogen (secondary N) is 1. The Morgan fingerprint density at radius 2 is 1.72 bits per heavy atom. The topological polar surface area (TPSA) is 30.5 Å². The van der Waals surface area contributed by atoms with Gasteiger partial charge in [-0.25, -0.2) is 0 Å². The third kappa shape index (κ3) is 6.89. The molecule has 0 aromatic heterocycles. The van der Waals surface area contributed by atoms with Gasteiger partial charge in [-0.05, 0) is 53.0 Å². The molecule has 0 saturated heterocycles. The number of hydrogen-bond donors (Lipinski definition) is 1. The summed E-state index contributed by atoms with van der Waals surface area (Å²) in [6.45, 7) is 10.3. The van der Waals surface area contributed by atoms with E-state index in [0.717, 1.165) is 28.1 Å². The zero-order valence-corrected chi connectivity index (χ0v) is 17.7. The van der Waals surface area contributed by atoms with Gasteiger partial charge in [-0.15, -0.1) is 12.4 Å². The monoisotopic (exact) mass is 427 g/mol. The van der Waals surface area contributed by atoms with E-state index in [1.54, 1.807) is 0 Å². The molecule has 3 nitrogen and oxygen atoms in total. The van der Waals surface area contributed by atoms with E-state index in [1.807, 2.05) is 13.0 Å². The van der Waals surface area contributed by atoms with Crippen molar-refractivity contribution in [2.75, 3.05) is 6.61 Å². The number of halogens is 2. The van der Waals surface area contributed by atoms with Crippen LogP contribution in [-0.2, 0) is 13.2 Å². The molecule has 0 radical (unpaired) electrons. The number of ether oxygens (including phenoxy) is 2. The Morgan fingerprint density at radius 1 is 1.04 bits per heavy atom. The van der Waals surface area contributed by atoms with Crippen LogP contribution in [0.3, 0.4) is 0 Å². The van der Waals surface area contributed by atoms with E-state index >= 15 is 0 Å². The van der Waals surface area contributed by atoms with Crippen molar-refractivity contribution in [3.8, 4) is 11.5 Å². The van der Waals surface area contributed by atoms with E-state index in [9.17, 15) is 0 Å². The molecule has 2 rings (SSSR count). The summed E-state index contributed by atoms with van der Waals surface area (Å²) in [5, 5.41) is 3.42. The van der Waals surface area contributed by atoms with Crippen LogP contribution in [0, 0.1) is 6.92 Å². The number of aryl methyl sites for hydroxylation is 1. The average molecular weight is 429 g/mol. The van der Waals surface area contributed by atoms with E-state index < -0.39 is 0 Å². The first-order valence-corrected chi connectivity index (χ1v) is 9.15. The molecule has 5 heteroatoms. The van der Waals surface area contributed by atoms with E-state index in [2.05, 4.69) is 72.3 Å². The highest BCUT2D eigenvalue weighted by atomic mass is 79.9. The van der Waals surface area contributed by atoms with Gasteiger partial charge < -0.3 is 14.8 Å². The maximum atomic E-state index is 6.03. The van der Waals surface area contributed by atoms with Crippen LogP contribution in [0.1, 0.15) is 37.5 Å². The Kier molecular flexibility index (Phi) is 9.33. The van der Waals surface area contributed by atoms with Crippen molar-refractivity contribution in [3.63, 3.8) is 0 Å². The van der Waals surface area contributed by atoms with Gasteiger partial charge in [0.15, 0.2) is 11.5 Å². The Balaban J connectivity index is 0.00000312.